The third kappa shape index (κ3) is 2.81. The van der Waals surface area contributed by atoms with Crippen molar-refractivity contribution in [2.45, 2.75) is 26.0 Å². The van der Waals surface area contributed by atoms with Gasteiger partial charge in [0.25, 0.3) is 0 Å². The number of halogens is 1. The van der Waals surface area contributed by atoms with Crippen molar-refractivity contribution in [1.82, 2.24) is 0 Å². The van der Waals surface area contributed by atoms with Crippen LogP contribution >= 0.6 is 11.8 Å². The molecule has 17 heavy (non-hydrogen) atoms. The van der Waals surface area contributed by atoms with Gasteiger partial charge in [-0.05, 0) is 31.0 Å². The van der Waals surface area contributed by atoms with Gasteiger partial charge in [-0.2, -0.15) is 11.8 Å². The Kier molecular flexibility index (Phi) is 4.07. The highest BCUT2D eigenvalue weighted by Gasteiger charge is 2.26. The number of rotatable bonds is 2. The van der Waals surface area contributed by atoms with Crippen molar-refractivity contribution in [2.24, 2.45) is 5.73 Å². The molecule has 1 aliphatic rings. The number of thioether (sulfide) groups is 1. The van der Waals surface area contributed by atoms with Gasteiger partial charge in [0.05, 0.1) is 18.8 Å². The largest absolute Gasteiger partial charge is 0.375 e. The zero-order chi connectivity index (χ0) is 12.4. The Morgan fingerprint density at radius 3 is 2.82 bits per heavy atom. The second-order valence-electron chi connectivity index (χ2n) is 4.49. The predicted octanol–water partition coefficient (Wildman–Crippen LogP) is 2.57. The van der Waals surface area contributed by atoms with E-state index in [0.29, 0.717) is 12.2 Å². The van der Waals surface area contributed by atoms with Gasteiger partial charge in [0, 0.05) is 17.1 Å². The zero-order valence-corrected chi connectivity index (χ0v) is 11.0. The molecule has 1 fully saturated rings. The summed E-state index contributed by atoms with van der Waals surface area (Å²) >= 11 is 1.81. The molecule has 2 N–H and O–H groups in total. The highest BCUT2D eigenvalue weighted by atomic mass is 32.2. The summed E-state index contributed by atoms with van der Waals surface area (Å²) in [6, 6.07) is 3.13. The molecular formula is C13H18FNOS. The first-order valence-electron chi connectivity index (χ1n) is 5.81. The van der Waals surface area contributed by atoms with E-state index in [1.54, 1.807) is 0 Å². The third-order valence-corrected chi connectivity index (χ3v) is 4.08. The summed E-state index contributed by atoms with van der Waals surface area (Å²) in [6.45, 7) is 4.50. The van der Waals surface area contributed by atoms with Crippen LogP contribution in [0.1, 0.15) is 22.7 Å². The predicted molar refractivity (Wildman–Crippen MR) is 69.9 cm³/mol. The van der Waals surface area contributed by atoms with Crippen LogP contribution in [0, 0.1) is 19.7 Å². The van der Waals surface area contributed by atoms with Crippen LogP contribution in [0.2, 0.25) is 0 Å². The lowest BCUT2D eigenvalue weighted by Crippen LogP contribution is -2.35. The maximum Gasteiger partial charge on any atom is 0.128 e. The molecule has 0 saturated carbocycles. The van der Waals surface area contributed by atoms with Gasteiger partial charge in [-0.15, -0.1) is 0 Å². The van der Waals surface area contributed by atoms with Gasteiger partial charge in [0.1, 0.15) is 5.82 Å². The lowest BCUT2D eigenvalue weighted by atomic mass is 9.96. The molecule has 2 atom stereocenters. The second kappa shape index (κ2) is 5.38. The standard InChI is InChI=1S/C13H18FNOS/c1-8-5-9(2)12(10(14)6-8)13(15)11-7-17-4-3-16-11/h5-6,11,13H,3-4,7,15H2,1-2H3. The molecule has 2 unspecified atom stereocenters. The fourth-order valence-electron chi connectivity index (χ4n) is 2.25. The minimum atomic E-state index is -0.372. The summed E-state index contributed by atoms with van der Waals surface area (Å²) in [5, 5.41) is 0. The van der Waals surface area contributed by atoms with E-state index in [1.807, 2.05) is 31.7 Å². The molecule has 1 aliphatic heterocycles. The van der Waals surface area contributed by atoms with Gasteiger partial charge in [-0.3, -0.25) is 0 Å². The average molecular weight is 255 g/mol. The number of hydrogen-bond donors (Lipinski definition) is 1. The van der Waals surface area contributed by atoms with E-state index in [1.165, 1.54) is 6.07 Å². The van der Waals surface area contributed by atoms with Crippen LogP contribution < -0.4 is 5.73 Å². The van der Waals surface area contributed by atoms with Crippen LogP contribution in [-0.2, 0) is 4.74 Å². The summed E-state index contributed by atoms with van der Waals surface area (Å²) in [5.74, 6) is 1.63. The minimum absolute atomic E-state index is 0.0790. The highest BCUT2D eigenvalue weighted by molar-refractivity contribution is 7.99. The maximum atomic E-state index is 14.0. The molecule has 1 saturated heterocycles. The van der Waals surface area contributed by atoms with E-state index in [2.05, 4.69) is 0 Å². The van der Waals surface area contributed by atoms with Gasteiger partial charge in [0.15, 0.2) is 0 Å². The Morgan fingerprint density at radius 2 is 2.24 bits per heavy atom. The second-order valence-corrected chi connectivity index (χ2v) is 5.64. The minimum Gasteiger partial charge on any atom is -0.375 e. The molecule has 0 amide bonds. The number of ether oxygens (including phenoxy) is 1. The lowest BCUT2D eigenvalue weighted by molar-refractivity contribution is 0.0559. The highest BCUT2D eigenvalue weighted by Crippen LogP contribution is 2.28. The Morgan fingerprint density at radius 1 is 1.47 bits per heavy atom. The van der Waals surface area contributed by atoms with Crippen molar-refractivity contribution in [1.29, 1.82) is 0 Å². The molecule has 0 bridgehead atoms. The summed E-state index contributed by atoms with van der Waals surface area (Å²) < 4.78 is 19.6. The van der Waals surface area contributed by atoms with Gasteiger partial charge in [0.2, 0.25) is 0 Å². The molecule has 2 nitrogen and oxygen atoms in total. The SMILES string of the molecule is Cc1cc(C)c(C(N)C2CSCCO2)c(F)c1. The monoisotopic (exact) mass is 255 g/mol. The molecule has 94 valence electrons. The van der Waals surface area contributed by atoms with Crippen LogP contribution in [0.4, 0.5) is 4.39 Å². The van der Waals surface area contributed by atoms with Crippen LogP contribution in [0.3, 0.4) is 0 Å². The number of nitrogens with two attached hydrogens (primary N) is 1. The van der Waals surface area contributed by atoms with Gasteiger partial charge < -0.3 is 10.5 Å². The zero-order valence-electron chi connectivity index (χ0n) is 10.2. The first-order valence-corrected chi connectivity index (χ1v) is 6.96. The smallest absolute Gasteiger partial charge is 0.128 e. The lowest BCUT2D eigenvalue weighted by Gasteiger charge is -2.29. The summed E-state index contributed by atoms with van der Waals surface area (Å²) in [4.78, 5) is 0. The first kappa shape index (κ1) is 12.9. The average Bonchev–Trinajstić information content (AvgIpc) is 2.28. The topological polar surface area (TPSA) is 35.2 Å². The Hall–Kier alpha value is -0.580. The molecule has 1 aromatic rings. The number of benzene rings is 1. The van der Waals surface area contributed by atoms with Gasteiger partial charge in [-0.1, -0.05) is 6.07 Å². The van der Waals surface area contributed by atoms with Crippen molar-refractivity contribution in [3.8, 4) is 0 Å². The van der Waals surface area contributed by atoms with Crippen LogP contribution in [0.25, 0.3) is 0 Å². The quantitative estimate of drug-likeness (QED) is 0.882. The van der Waals surface area contributed by atoms with Crippen molar-refractivity contribution in [3.63, 3.8) is 0 Å². The van der Waals surface area contributed by atoms with E-state index >= 15 is 0 Å². The number of aryl methyl sites for hydroxylation is 2. The summed E-state index contributed by atoms with van der Waals surface area (Å²) in [5.41, 5.74) is 8.58. The fraction of sp³-hybridized carbons (Fsp3) is 0.538. The van der Waals surface area contributed by atoms with Gasteiger partial charge >= 0.3 is 0 Å². The van der Waals surface area contributed by atoms with E-state index in [-0.39, 0.29) is 18.0 Å². The van der Waals surface area contributed by atoms with E-state index in [9.17, 15) is 4.39 Å². The summed E-state index contributed by atoms with van der Waals surface area (Å²) in [6.07, 6.45) is -0.0790. The molecule has 0 aromatic heterocycles. The van der Waals surface area contributed by atoms with Crippen molar-refractivity contribution in [2.75, 3.05) is 18.1 Å². The fourth-order valence-corrected chi connectivity index (χ4v) is 3.16. The molecule has 0 aliphatic carbocycles. The maximum absolute atomic E-state index is 14.0. The molecule has 0 radical (unpaired) electrons. The van der Waals surface area contributed by atoms with Crippen molar-refractivity contribution >= 4 is 11.8 Å². The van der Waals surface area contributed by atoms with Gasteiger partial charge in [-0.25, -0.2) is 4.39 Å². The third-order valence-electron chi connectivity index (χ3n) is 3.06. The molecule has 4 heteroatoms. The van der Waals surface area contributed by atoms with Crippen LogP contribution in [-0.4, -0.2) is 24.2 Å². The van der Waals surface area contributed by atoms with Crippen molar-refractivity contribution in [3.05, 3.63) is 34.6 Å². The first-order chi connectivity index (χ1) is 8.09. The molecule has 1 aromatic carbocycles. The van der Waals surface area contributed by atoms with Crippen LogP contribution in [0.5, 0.6) is 0 Å². The molecule has 2 rings (SSSR count). The van der Waals surface area contributed by atoms with E-state index < -0.39 is 0 Å². The molecule has 0 spiro atoms. The normalized spacial score (nSPS) is 22.5. The molecular weight excluding hydrogens is 237 g/mol. The Balaban J connectivity index is 2.26. The molecule has 1 heterocycles. The van der Waals surface area contributed by atoms with E-state index in [0.717, 1.165) is 22.6 Å². The van der Waals surface area contributed by atoms with Crippen molar-refractivity contribution < 1.29 is 9.13 Å². The Bertz CT molecular complexity index is 381. The summed E-state index contributed by atoms with van der Waals surface area (Å²) in [7, 11) is 0. The van der Waals surface area contributed by atoms with E-state index in [4.69, 9.17) is 10.5 Å². The van der Waals surface area contributed by atoms with Crippen LogP contribution in [0.15, 0.2) is 12.1 Å². The Labute approximate surface area is 106 Å². The number of hydrogen-bond acceptors (Lipinski definition) is 3.